The number of benzene rings is 2. The quantitative estimate of drug-likeness (QED) is 0.777. The molecule has 5 heteroatoms. The van der Waals surface area contributed by atoms with Gasteiger partial charge in [-0.15, -0.1) is 0 Å². The molecule has 2 saturated heterocycles. The standard InChI is InChI=1S/C21H21FN2O2/c22-17-8-4-7-16(11-17)12-23-13-18-19(14-23)21(26)24(20(18)25)10-9-15-5-2-1-3-6-15/h1-8,11,18-19H,9-10,12-14H2/t18-,19+. The van der Waals surface area contributed by atoms with E-state index in [9.17, 15) is 14.0 Å². The van der Waals surface area contributed by atoms with Crippen LogP contribution in [0.4, 0.5) is 4.39 Å². The predicted molar refractivity (Wildman–Crippen MR) is 95.5 cm³/mol. The van der Waals surface area contributed by atoms with Gasteiger partial charge in [0.15, 0.2) is 0 Å². The molecule has 134 valence electrons. The average Bonchev–Trinajstić information content (AvgIpc) is 3.14. The van der Waals surface area contributed by atoms with Gasteiger partial charge >= 0.3 is 0 Å². The van der Waals surface area contributed by atoms with Gasteiger partial charge in [-0.1, -0.05) is 42.5 Å². The number of nitrogens with zero attached hydrogens (tertiary/aromatic N) is 2. The number of hydrogen-bond acceptors (Lipinski definition) is 3. The molecule has 4 nitrogen and oxygen atoms in total. The van der Waals surface area contributed by atoms with Gasteiger partial charge in [-0.2, -0.15) is 0 Å². The summed E-state index contributed by atoms with van der Waals surface area (Å²) in [5, 5.41) is 0. The SMILES string of the molecule is O=C1[C@H]2CN(Cc3cccc(F)c3)C[C@H]2C(=O)N1CCc1ccccc1. The van der Waals surface area contributed by atoms with Crippen LogP contribution in [0, 0.1) is 17.7 Å². The van der Waals surface area contributed by atoms with Crippen molar-refractivity contribution in [3.63, 3.8) is 0 Å². The molecule has 0 unspecified atom stereocenters. The number of amides is 2. The largest absolute Gasteiger partial charge is 0.297 e. The number of halogens is 1. The van der Waals surface area contributed by atoms with Crippen molar-refractivity contribution in [2.45, 2.75) is 13.0 Å². The van der Waals surface area contributed by atoms with Gasteiger partial charge in [-0.3, -0.25) is 19.4 Å². The van der Waals surface area contributed by atoms with Crippen molar-refractivity contribution in [1.82, 2.24) is 9.80 Å². The molecule has 26 heavy (non-hydrogen) atoms. The normalized spacial score (nSPS) is 22.9. The average molecular weight is 352 g/mol. The Labute approximate surface area is 152 Å². The van der Waals surface area contributed by atoms with Crippen LogP contribution < -0.4 is 0 Å². The Balaban J connectivity index is 1.38. The van der Waals surface area contributed by atoms with E-state index in [1.807, 2.05) is 36.4 Å². The molecule has 0 radical (unpaired) electrons. The Morgan fingerprint density at radius 2 is 1.54 bits per heavy atom. The topological polar surface area (TPSA) is 40.6 Å². The van der Waals surface area contributed by atoms with E-state index in [-0.39, 0.29) is 29.5 Å². The van der Waals surface area contributed by atoms with Crippen molar-refractivity contribution in [3.8, 4) is 0 Å². The van der Waals surface area contributed by atoms with E-state index < -0.39 is 0 Å². The van der Waals surface area contributed by atoms with E-state index in [0.29, 0.717) is 32.6 Å². The summed E-state index contributed by atoms with van der Waals surface area (Å²) in [6, 6.07) is 16.4. The Morgan fingerprint density at radius 1 is 0.885 bits per heavy atom. The number of imide groups is 1. The fourth-order valence-corrected chi connectivity index (χ4v) is 4.02. The number of carbonyl (C=O) groups is 2. The molecule has 2 heterocycles. The molecular formula is C21H21FN2O2. The van der Waals surface area contributed by atoms with Crippen molar-refractivity contribution < 1.29 is 14.0 Å². The van der Waals surface area contributed by atoms with Gasteiger partial charge in [0, 0.05) is 26.2 Å². The van der Waals surface area contributed by atoms with E-state index in [0.717, 1.165) is 11.1 Å². The van der Waals surface area contributed by atoms with Gasteiger partial charge in [0.25, 0.3) is 0 Å². The highest BCUT2D eigenvalue weighted by atomic mass is 19.1. The summed E-state index contributed by atoms with van der Waals surface area (Å²) in [4.78, 5) is 28.9. The summed E-state index contributed by atoms with van der Waals surface area (Å²) in [6.07, 6.45) is 0.685. The summed E-state index contributed by atoms with van der Waals surface area (Å²) in [6.45, 7) is 2.13. The van der Waals surface area contributed by atoms with Crippen molar-refractivity contribution in [2.24, 2.45) is 11.8 Å². The minimum Gasteiger partial charge on any atom is -0.297 e. The molecular weight excluding hydrogens is 331 g/mol. The van der Waals surface area contributed by atoms with Gasteiger partial charge < -0.3 is 0 Å². The van der Waals surface area contributed by atoms with E-state index in [2.05, 4.69) is 4.90 Å². The molecule has 2 atom stereocenters. The maximum Gasteiger partial charge on any atom is 0.234 e. The number of carbonyl (C=O) groups excluding carboxylic acids is 2. The highest BCUT2D eigenvalue weighted by Gasteiger charge is 2.51. The first-order chi connectivity index (χ1) is 12.6. The number of hydrogen-bond donors (Lipinski definition) is 0. The molecule has 0 bridgehead atoms. The number of rotatable bonds is 5. The predicted octanol–water partition coefficient (Wildman–Crippen LogP) is 2.49. The van der Waals surface area contributed by atoms with Crippen LogP contribution in [0.3, 0.4) is 0 Å². The number of fused-ring (bicyclic) bond motifs is 1. The van der Waals surface area contributed by atoms with E-state index in [4.69, 9.17) is 0 Å². The first-order valence-corrected chi connectivity index (χ1v) is 8.98. The van der Waals surface area contributed by atoms with Crippen LogP contribution in [0.2, 0.25) is 0 Å². The van der Waals surface area contributed by atoms with Crippen molar-refractivity contribution >= 4 is 11.8 Å². The van der Waals surface area contributed by atoms with Crippen LogP contribution in [-0.4, -0.2) is 41.2 Å². The summed E-state index contributed by atoms with van der Waals surface area (Å²) in [5.41, 5.74) is 1.99. The number of likely N-dealkylation sites (tertiary alicyclic amines) is 2. The molecule has 0 N–H and O–H groups in total. The molecule has 2 amide bonds. The lowest BCUT2D eigenvalue weighted by Gasteiger charge is -2.20. The molecule has 2 aliphatic heterocycles. The zero-order valence-electron chi connectivity index (χ0n) is 14.5. The molecule has 2 aromatic rings. The zero-order valence-corrected chi connectivity index (χ0v) is 14.5. The Morgan fingerprint density at radius 3 is 2.19 bits per heavy atom. The molecule has 4 rings (SSSR count). The lowest BCUT2D eigenvalue weighted by atomic mass is 10.00. The maximum absolute atomic E-state index is 13.3. The zero-order chi connectivity index (χ0) is 18.1. The Kier molecular flexibility index (Phi) is 4.55. The Hall–Kier alpha value is -2.53. The van der Waals surface area contributed by atoms with Crippen molar-refractivity contribution in [1.29, 1.82) is 0 Å². The third kappa shape index (κ3) is 3.27. The molecule has 0 saturated carbocycles. The molecule has 2 aliphatic rings. The van der Waals surface area contributed by atoms with Crippen LogP contribution in [0.25, 0.3) is 0 Å². The fourth-order valence-electron chi connectivity index (χ4n) is 4.02. The molecule has 2 aromatic carbocycles. The van der Waals surface area contributed by atoms with Gasteiger partial charge in [-0.25, -0.2) is 4.39 Å². The first-order valence-electron chi connectivity index (χ1n) is 8.98. The van der Waals surface area contributed by atoms with Crippen molar-refractivity contribution in [2.75, 3.05) is 19.6 Å². The van der Waals surface area contributed by atoms with Crippen molar-refractivity contribution in [3.05, 3.63) is 71.5 Å². The second-order valence-electron chi connectivity index (χ2n) is 7.10. The summed E-state index contributed by atoms with van der Waals surface area (Å²) in [7, 11) is 0. The van der Waals surface area contributed by atoms with Gasteiger partial charge in [-0.05, 0) is 29.7 Å². The van der Waals surface area contributed by atoms with Crippen LogP contribution in [0.1, 0.15) is 11.1 Å². The molecule has 0 spiro atoms. The first kappa shape index (κ1) is 16.9. The third-order valence-electron chi connectivity index (χ3n) is 5.32. The maximum atomic E-state index is 13.3. The van der Waals surface area contributed by atoms with Gasteiger partial charge in [0.2, 0.25) is 11.8 Å². The van der Waals surface area contributed by atoms with Crippen LogP contribution in [0.5, 0.6) is 0 Å². The fraction of sp³-hybridized carbons (Fsp3) is 0.333. The lowest BCUT2D eigenvalue weighted by molar-refractivity contribution is -0.140. The smallest absolute Gasteiger partial charge is 0.234 e. The lowest BCUT2D eigenvalue weighted by Crippen LogP contribution is -2.37. The Bertz CT molecular complexity index is 800. The summed E-state index contributed by atoms with van der Waals surface area (Å²) < 4.78 is 13.3. The molecule has 0 aromatic heterocycles. The van der Waals surface area contributed by atoms with E-state index in [1.54, 1.807) is 6.07 Å². The second-order valence-corrected chi connectivity index (χ2v) is 7.10. The third-order valence-corrected chi connectivity index (χ3v) is 5.32. The minimum atomic E-state index is -0.263. The minimum absolute atomic E-state index is 0.0577. The summed E-state index contributed by atoms with van der Waals surface area (Å²) in [5.74, 6) is -0.893. The second kappa shape index (κ2) is 7.00. The van der Waals surface area contributed by atoms with E-state index >= 15 is 0 Å². The highest BCUT2D eigenvalue weighted by Crippen LogP contribution is 2.34. The monoisotopic (exact) mass is 352 g/mol. The van der Waals surface area contributed by atoms with Crippen LogP contribution >= 0.6 is 0 Å². The van der Waals surface area contributed by atoms with Gasteiger partial charge in [0.05, 0.1) is 11.8 Å². The highest BCUT2D eigenvalue weighted by molar-refractivity contribution is 6.05. The van der Waals surface area contributed by atoms with Gasteiger partial charge in [0.1, 0.15) is 5.82 Å². The van der Waals surface area contributed by atoms with Crippen LogP contribution in [0.15, 0.2) is 54.6 Å². The summed E-state index contributed by atoms with van der Waals surface area (Å²) >= 11 is 0. The molecule has 2 fully saturated rings. The molecule has 0 aliphatic carbocycles. The van der Waals surface area contributed by atoms with E-state index in [1.165, 1.54) is 17.0 Å². The van der Waals surface area contributed by atoms with Crippen LogP contribution in [-0.2, 0) is 22.6 Å².